The topological polar surface area (TPSA) is 40.1 Å². The van der Waals surface area contributed by atoms with Crippen LogP contribution in [-0.4, -0.2) is 5.97 Å². The lowest BCUT2D eigenvalue weighted by molar-refractivity contribution is -0.299. The molecule has 0 heterocycles. The molecule has 82 valence electrons. The number of carbonyl (C=O) groups is 1. The van der Waals surface area contributed by atoms with Gasteiger partial charge in [0, 0.05) is 0 Å². The van der Waals surface area contributed by atoms with Crippen LogP contribution >= 0.6 is 0 Å². The molecule has 2 nitrogen and oxygen atoms in total. The highest BCUT2D eigenvalue weighted by atomic mass is 16.4. The van der Waals surface area contributed by atoms with Crippen LogP contribution in [0.1, 0.15) is 51.4 Å². The molecule has 15 heavy (non-hydrogen) atoms. The molecule has 0 N–H and O–H groups in total. The Hall–Kier alpha value is -1.05. The number of carboxylic acids is 1. The van der Waals surface area contributed by atoms with Crippen LogP contribution in [0, 0.1) is 0 Å². The van der Waals surface area contributed by atoms with Crippen LogP contribution in [0.5, 0.6) is 0 Å². The Morgan fingerprint density at radius 3 is 2.47 bits per heavy atom. The molecule has 0 aromatic rings. The normalized spacial score (nSPS) is 22.5. The molecule has 0 atom stereocenters. The zero-order valence-corrected chi connectivity index (χ0v) is 9.05. The highest BCUT2D eigenvalue weighted by Gasteiger charge is 2.17. The Labute approximate surface area is 90.7 Å². The van der Waals surface area contributed by atoms with Crippen LogP contribution in [-0.2, 0) is 4.79 Å². The molecular formula is C13H17O2-. The molecule has 2 rings (SSSR count). The van der Waals surface area contributed by atoms with Gasteiger partial charge in [0.2, 0.25) is 0 Å². The predicted octanol–water partition coefficient (Wildman–Crippen LogP) is 2.11. The molecule has 0 aromatic carbocycles. The lowest BCUT2D eigenvalue weighted by atomic mass is 9.83. The van der Waals surface area contributed by atoms with E-state index in [1.807, 2.05) is 0 Å². The van der Waals surface area contributed by atoms with Gasteiger partial charge in [0.1, 0.15) is 0 Å². The SMILES string of the molecule is O=C([O-])C1=C(C2=CCCCC2)CCCC1. The van der Waals surface area contributed by atoms with E-state index in [1.54, 1.807) is 0 Å². The fraction of sp³-hybridized carbons (Fsp3) is 0.615. The summed E-state index contributed by atoms with van der Waals surface area (Å²) in [5, 5.41) is 11.0. The van der Waals surface area contributed by atoms with Gasteiger partial charge in [-0.1, -0.05) is 6.08 Å². The number of rotatable bonds is 2. The summed E-state index contributed by atoms with van der Waals surface area (Å²) in [5.74, 6) is -0.948. The Balaban J connectivity index is 2.29. The maximum absolute atomic E-state index is 11.0. The summed E-state index contributed by atoms with van der Waals surface area (Å²) in [6.07, 6.45) is 10.6. The third-order valence-corrected chi connectivity index (χ3v) is 3.39. The molecule has 0 unspecified atom stereocenters. The van der Waals surface area contributed by atoms with E-state index in [4.69, 9.17) is 0 Å². The van der Waals surface area contributed by atoms with Crippen molar-refractivity contribution in [1.82, 2.24) is 0 Å². The maximum atomic E-state index is 11.0. The molecule has 0 fully saturated rings. The van der Waals surface area contributed by atoms with E-state index in [0.29, 0.717) is 12.0 Å². The standard InChI is InChI=1S/C13H18O2/c14-13(15)12-9-5-4-8-11(12)10-6-2-1-3-7-10/h6H,1-5,7-9H2,(H,14,15)/p-1. The van der Waals surface area contributed by atoms with Crippen LogP contribution < -0.4 is 5.11 Å². The second kappa shape index (κ2) is 4.65. The summed E-state index contributed by atoms with van der Waals surface area (Å²) in [4.78, 5) is 11.0. The molecular weight excluding hydrogens is 188 g/mol. The molecule has 0 radical (unpaired) electrons. The van der Waals surface area contributed by atoms with Crippen molar-refractivity contribution in [3.8, 4) is 0 Å². The van der Waals surface area contributed by atoms with Crippen LogP contribution in [0.2, 0.25) is 0 Å². The van der Waals surface area contributed by atoms with Gasteiger partial charge >= 0.3 is 0 Å². The molecule has 0 spiro atoms. The van der Waals surface area contributed by atoms with E-state index in [-0.39, 0.29) is 0 Å². The van der Waals surface area contributed by atoms with Gasteiger partial charge in [-0.2, -0.15) is 0 Å². The fourth-order valence-corrected chi connectivity index (χ4v) is 2.60. The van der Waals surface area contributed by atoms with E-state index in [0.717, 1.165) is 37.7 Å². The molecule has 0 aromatic heterocycles. The minimum absolute atomic E-state index is 0.578. The van der Waals surface area contributed by atoms with Gasteiger partial charge in [-0.25, -0.2) is 0 Å². The zero-order chi connectivity index (χ0) is 10.7. The molecule has 0 saturated heterocycles. The predicted molar refractivity (Wildman–Crippen MR) is 57.1 cm³/mol. The first-order chi connectivity index (χ1) is 7.29. The van der Waals surface area contributed by atoms with Crippen molar-refractivity contribution in [2.24, 2.45) is 0 Å². The molecule has 0 aliphatic heterocycles. The zero-order valence-electron chi connectivity index (χ0n) is 9.05. The van der Waals surface area contributed by atoms with Crippen LogP contribution in [0.3, 0.4) is 0 Å². The van der Waals surface area contributed by atoms with E-state index in [1.165, 1.54) is 18.4 Å². The van der Waals surface area contributed by atoms with Gasteiger partial charge in [0.25, 0.3) is 0 Å². The summed E-state index contributed by atoms with van der Waals surface area (Å²) >= 11 is 0. The molecule has 0 saturated carbocycles. The van der Waals surface area contributed by atoms with Gasteiger partial charge in [0.05, 0.1) is 5.97 Å². The third kappa shape index (κ3) is 2.31. The van der Waals surface area contributed by atoms with Crippen LogP contribution in [0.25, 0.3) is 0 Å². The van der Waals surface area contributed by atoms with Gasteiger partial charge in [-0.3, -0.25) is 0 Å². The van der Waals surface area contributed by atoms with Crippen molar-refractivity contribution in [2.45, 2.75) is 51.4 Å². The van der Waals surface area contributed by atoms with Crippen molar-refractivity contribution in [3.05, 3.63) is 22.8 Å². The maximum Gasteiger partial charge on any atom is 0.0677 e. The van der Waals surface area contributed by atoms with Gasteiger partial charge in [0.15, 0.2) is 0 Å². The number of carboxylic acid groups (broad SMARTS) is 1. The Morgan fingerprint density at radius 2 is 1.80 bits per heavy atom. The summed E-state index contributed by atoms with van der Waals surface area (Å²) in [6.45, 7) is 0. The third-order valence-electron chi connectivity index (χ3n) is 3.39. The summed E-state index contributed by atoms with van der Waals surface area (Å²) in [6, 6.07) is 0. The van der Waals surface area contributed by atoms with E-state index in [2.05, 4.69) is 6.08 Å². The van der Waals surface area contributed by atoms with Crippen LogP contribution in [0.15, 0.2) is 22.8 Å². The summed E-state index contributed by atoms with van der Waals surface area (Å²) in [5.41, 5.74) is 2.97. The van der Waals surface area contributed by atoms with Crippen molar-refractivity contribution in [2.75, 3.05) is 0 Å². The lowest BCUT2D eigenvalue weighted by Gasteiger charge is -2.25. The molecule has 0 amide bonds. The van der Waals surface area contributed by atoms with Crippen molar-refractivity contribution >= 4 is 5.97 Å². The van der Waals surface area contributed by atoms with Gasteiger partial charge in [-0.05, 0) is 68.1 Å². The molecule has 2 aliphatic carbocycles. The first kappa shape index (κ1) is 10.5. The lowest BCUT2D eigenvalue weighted by Crippen LogP contribution is -2.27. The van der Waals surface area contributed by atoms with Crippen molar-refractivity contribution in [3.63, 3.8) is 0 Å². The van der Waals surface area contributed by atoms with Crippen molar-refractivity contribution in [1.29, 1.82) is 0 Å². The van der Waals surface area contributed by atoms with E-state index in [9.17, 15) is 9.90 Å². The smallest absolute Gasteiger partial charge is 0.0677 e. The first-order valence-corrected chi connectivity index (χ1v) is 5.92. The fourth-order valence-electron chi connectivity index (χ4n) is 2.60. The molecule has 2 aliphatic rings. The van der Waals surface area contributed by atoms with E-state index >= 15 is 0 Å². The highest BCUT2D eigenvalue weighted by Crippen LogP contribution is 2.34. The van der Waals surface area contributed by atoms with Gasteiger partial charge < -0.3 is 9.90 Å². The quantitative estimate of drug-likeness (QED) is 0.692. The second-order valence-electron chi connectivity index (χ2n) is 4.43. The summed E-state index contributed by atoms with van der Waals surface area (Å²) < 4.78 is 0. The monoisotopic (exact) mass is 205 g/mol. The van der Waals surface area contributed by atoms with Crippen LogP contribution in [0.4, 0.5) is 0 Å². The molecule has 2 heteroatoms. The summed E-state index contributed by atoms with van der Waals surface area (Å²) in [7, 11) is 0. The molecule has 0 bridgehead atoms. The number of carbonyl (C=O) groups excluding carboxylic acids is 1. The Bertz CT molecular complexity index is 323. The largest absolute Gasteiger partial charge is 0.545 e. The number of hydrogen-bond donors (Lipinski definition) is 0. The average molecular weight is 205 g/mol. The van der Waals surface area contributed by atoms with Crippen molar-refractivity contribution < 1.29 is 9.90 Å². The minimum atomic E-state index is -0.948. The number of hydrogen-bond acceptors (Lipinski definition) is 2. The van der Waals surface area contributed by atoms with Gasteiger partial charge in [-0.15, -0.1) is 0 Å². The number of allylic oxidation sites excluding steroid dienone is 3. The Morgan fingerprint density at radius 1 is 1.07 bits per heavy atom. The van der Waals surface area contributed by atoms with E-state index < -0.39 is 5.97 Å². The Kier molecular flexibility index (Phi) is 3.24. The second-order valence-corrected chi connectivity index (χ2v) is 4.43. The first-order valence-electron chi connectivity index (χ1n) is 5.92. The highest BCUT2D eigenvalue weighted by molar-refractivity contribution is 5.87. The average Bonchev–Trinajstić information content (AvgIpc) is 2.30. The number of aliphatic carboxylic acids is 1. The minimum Gasteiger partial charge on any atom is -0.545 e.